The summed E-state index contributed by atoms with van der Waals surface area (Å²) in [6.07, 6.45) is 2.26. The third kappa shape index (κ3) is 2.54. The molecule has 98 valence electrons. The first-order valence-electron chi connectivity index (χ1n) is 5.96. The lowest BCUT2D eigenvalue weighted by Gasteiger charge is -2.11. The summed E-state index contributed by atoms with van der Waals surface area (Å²) in [7, 11) is 1.57. The third-order valence-corrected chi connectivity index (χ3v) is 2.79. The number of hydrogen-bond donors (Lipinski definition) is 1. The molecule has 1 aromatic heterocycles. The number of aromatic nitrogens is 2. The molecule has 5 heteroatoms. The van der Waals surface area contributed by atoms with Crippen molar-refractivity contribution in [3.63, 3.8) is 0 Å². The SMILES string of the molecule is CCc1ncc(-c2ccccc2OC)c(C(N)=O)n1. The highest BCUT2D eigenvalue weighted by molar-refractivity contribution is 5.98. The molecular formula is C14H15N3O2. The van der Waals surface area contributed by atoms with E-state index < -0.39 is 5.91 Å². The fourth-order valence-corrected chi connectivity index (χ4v) is 1.84. The zero-order chi connectivity index (χ0) is 13.8. The van der Waals surface area contributed by atoms with Crippen molar-refractivity contribution in [1.29, 1.82) is 0 Å². The first-order valence-corrected chi connectivity index (χ1v) is 5.96. The molecule has 1 heterocycles. The minimum atomic E-state index is -0.571. The quantitative estimate of drug-likeness (QED) is 0.906. The molecule has 2 rings (SSSR count). The number of rotatable bonds is 4. The maximum absolute atomic E-state index is 11.6. The molecule has 0 atom stereocenters. The van der Waals surface area contributed by atoms with Crippen molar-refractivity contribution in [3.05, 3.63) is 42.0 Å². The third-order valence-electron chi connectivity index (χ3n) is 2.79. The Labute approximate surface area is 111 Å². The van der Waals surface area contributed by atoms with Gasteiger partial charge in [0.05, 0.1) is 7.11 Å². The summed E-state index contributed by atoms with van der Waals surface area (Å²) >= 11 is 0. The van der Waals surface area contributed by atoms with E-state index in [4.69, 9.17) is 10.5 Å². The number of hydrogen-bond acceptors (Lipinski definition) is 4. The van der Waals surface area contributed by atoms with Crippen molar-refractivity contribution in [3.8, 4) is 16.9 Å². The Hall–Kier alpha value is -2.43. The number of carbonyl (C=O) groups is 1. The summed E-state index contributed by atoms with van der Waals surface area (Å²) in [5, 5.41) is 0. The molecule has 0 saturated heterocycles. The van der Waals surface area contributed by atoms with Gasteiger partial charge in [0.1, 0.15) is 17.3 Å². The van der Waals surface area contributed by atoms with Crippen molar-refractivity contribution in [2.24, 2.45) is 5.73 Å². The van der Waals surface area contributed by atoms with E-state index in [0.717, 1.165) is 5.56 Å². The van der Waals surface area contributed by atoms with Crippen LogP contribution in [0.1, 0.15) is 23.2 Å². The van der Waals surface area contributed by atoms with Crippen molar-refractivity contribution >= 4 is 5.91 Å². The highest BCUT2D eigenvalue weighted by Crippen LogP contribution is 2.30. The summed E-state index contributed by atoms with van der Waals surface area (Å²) in [4.78, 5) is 20.0. The number of carbonyl (C=O) groups excluding carboxylic acids is 1. The Bertz CT molecular complexity index is 611. The van der Waals surface area contributed by atoms with Gasteiger partial charge in [-0.15, -0.1) is 0 Å². The van der Waals surface area contributed by atoms with Crippen LogP contribution in [0, 0.1) is 0 Å². The molecule has 0 radical (unpaired) electrons. The number of methoxy groups -OCH3 is 1. The number of benzene rings is 1. The van der Waals surface area contributed by atoms with Crippen LogP contribution in [0.25, 0.3) is 11.1 Å². The van der Waals surface area contributed by atoms with Gasteiger partial charge in [-0.2, -0.15) is 0 Å². The largest absolute Gasteiger partial charge is 0.496 e. The summed E-state index contributed by atoms with van der Waals surface area (Å²) < 4.78 is 5.28. The van der Waals surface area contributed by atoms with Crippen LogP contribution in [0.4, 0.5) is 0 Å². The molecule has 1 amide bonds. The Morgan fingerprint density at radius 1 is 1.32 bits per heavy atom. The lowest BCUT2D eigenvalue weighted by molar-refractivity contribution is 0.0996. The van der Waals surface area contributed by atoms with E-state index in [2.05, 4.69) is 9.97 Å². The van der Waals surface area contributed by atoms with Crippen LogP contribution >= 0.6 is 0 Å². The molecule has 0 fully saturated rings. The van der Waals surface area contributed by atoms with Crippen LogP contribution in [0.3, 0.4) is 0 Å². The summed E-state index contributed by atoms with van der Waals surface area (Å²) in [6, 6.07) is 7.37. The smallest absolute Gasteiger partial charge is 0.268 e. The van der Waals surface area contributed by atoms with E-state index in [-0.39, 0.29) is 5.69 Å². The van der Waals surface area contributed by atoms with Crippen LogP contribution in [0.5, 0.6) is 5.75 Å². The summed E-state index contributed by atoms with van der Waals surface area (Å²) in [5.74, 6) is 0.670. The average Bonchev–Trinajstić information content (AvgIpc) is 2.46. The van der Waals surface area contributed by atoms with Crippen molar-refractivity contribution in [1.82, 2.24) is 9.97 Å². The predicted octanol–water partition coefficient (Wildman–Crippen LogP) is 1.81. The van der Waals surface area contributed by atoms with E-state index in [9.17, 15) is 4.79 Å². The van der Waals surface area contributed by atoms with E-state index in [1.807, 2.05) is 31.2 Å². The summed E-state index contributed by atoms with van der Waals surface area (Å²) in [6.45, 7) is 1.92. The maximum Gasteiger partial charge on any atom is 0.268 e. The van der Waals surface area contributed by atoms with Gasteiger partial charge in [0.15, 0.2) is 0 Å². The molecule has 0 aliphatic carbocycles. The van der Waals surface area contributed by atoms with Gasteiger partial charge in [-0.1, -0.05) is 25.1 Å². The fourth-order valence-electron chi connectivity index (χ4n) is 1.84. The molecule has 2 aromatic rings. The molecule has 0 bridgehead atoms. The van der Waals surface area contributed by atoms with E-state index in [1.165, 1.54) is 0 Å². The van der Waals surface area contributed by atoms with Crippen molar-refractivity contribution in [2.75, 3.05) is 7.11 Å². The summed E-state index contributed by atoms with van der Waals surface area (Å²) in [5.41, 5.74) is 6.95. The van der Waals surface area contributed by atoms with Gasteiger partial charge in [-0.3, -0.25) is 4.79 Å². The molecular weight excluding hydrogens is 242 g/mol. The topological polar surface area (TPSA) is 78.1 Å². The molecule has 0 saturated carbocycles. The highest BCUT2D eigenvalue weighted by atomic mass is 16.5. The second kappa shape index (κ2) is 5.48. The Morgan fingerprint density at radius 3 is 2.68 bits per heavy atom. The number of ether oxygens (including phenoxy) is 1. The van der Waals surface area contributed by atoms with Crippen LogP contribution in [-0.2, 0) is 6.42 Å². The van der Waals surface area contributed by atoms with E-state index >= 15 is 0 Å². The van der Waals surface area contributed by atoms with Gasteiger partial charge in [-0.25, -0.2) is 9.97 Å². The lowest BCUT2D eigenvalue weighted by atomic mass is 10.0. The zero-order valence-electron chi connectivity index (χ0n) is 10.9. The van der Waals surface area contributed by atoms with Crippen LogP contribution < -0.4 is 10.5 Å². The highest BCUT2D eigenvalue weighted by Gasteiger charge is 2.16. The molecule has 1 aromatic carbocycles. The predicted molar refractivity (Wildman–Crippen MR) is 71.9 cm³/mol. The molecule has 2 N–H and O–H groups in total. The molecule has 0 unspecified atom stereocenters. The van der Waals surface area contributed by atoms with Gasteiger partial charge in [0.2, 0.25) is 0 Å². The molecule has 19 heavy (non-hydrogen) atoms. The first kappa shape index (κ1) is 13.0. The monoisotopic (exact) mass is 257 g/mol. The van der Waals surface area contributed by atoms with Gasteiger partial charge in [-0.05, 0) is 6.07 Å². The van der Waals surface area contributed by atoms with Crippen molar-refractivity contribution in [2.45, 2.75) is 13.3 Å². The first-order chi connectivity index (χ1) is 9.17. The lowest BCUT2D eigenvalue weighted by Crippen LogP contribution is -2.16. The number of amides is 1. The number of nitrogens with two attached hydrogens (primary N) is 1. The number of nitrogens with zero attached hydrogens (tertiary/aromatic N) is 2. The maximum atomic E-state index is 11.6. The zero-order valence-corrected chi connectivity index (χ0v) is 10.9. The molecule has 5 nitrogen and oxygen atoms in total. The van der Waals surface area contributed by atoms with Crippen LogP contribution in [-0.4, -0.2) is 23.0 Å². The van der Waals surface area contributed by atoms with Gasteiger partial charge >= 0.3 is 0 Å². The standard InChI is InChI=1S/C14H15N3O2/c1-3-12-16-8-10(13(17-12)14(15)18)9-6-4-5-7-11(9)19-2/h4-8H,3H2,1-2H3,(H2,15,18). The number of aryl methyl sites for hydroxylation is 1. The molecule has 0 spiro atoms. The Morgan fingerprint density at radius 2 is 2.05 bits per heavy atom. The minimum absolute atomic E-state index is 0.219. The number of primary amides is 1. The second-order valence-electron chi connectivity index (χ2n) is 3.97. The van der Waals surface area contributed by atoms with E-state index in [0.29, 0.717) is 23.6 Å². The van der Waals surface area contributed by atoms with Gasteiger partial charge < -0.3 is 10.5 Å². The van der Waals surface area contributed by atoms with Gasteiger partial charge in [0.25, 0.3) is 5.91 Å². The fraction of sp³-hybridized carbons (Fsp3) is 0.214. The molecule has 0 aliphatic heterocycles. The van der Waals surface area contributed by atoms with Gasteiger partial charge in [0, 0.05) is 23.7 Å². The second-order valence-corrected chi connectivity index (χ2v) is 3.97. The number of para-hydroxylation sites is 1. The van der Waals surface area contributed by atoms with Crippen molar-refractivity contribution < 1.29 is 9.53 Å². The van der Waals surface area contributed by atoms with Crippen LogP contribution in [0.2, 0.25) is 0 Å². The minimum Gasteiger partial charge on any atom is -0.496 e. The normalized spacial score (nSPS) is 10.2. The average molecular weight is 257 g/mol. The molecule has 0 aliphatic rings. The Balaban J connectivity index is 2.64. The van der Waals surface area contributed by atoms with Crippen LogP contribution in [0.15, 0.2) is 30.5 Å². The van der Waals surface area contributed by atoms with E-state index in [1.54, 1.807) is 13.3 Å². The Kier molecular flexibility index (Phi) is 3.75.